The maximum atomic E-state index is 12.1. The second-order valence-corrected chi connectivity index (χ2v) is 6.50. The van der Waals surface area contributed by atoms with Gasteiger partial charge in [0.1, 0.15) is 11.5 Å². The number of hydrazine groups is 1. The van der Waals surface area contributed by atoms with Crippen molar-refractivity contribution in [3.05, 3.63) is 84.4 Å². The average molecular weight is 404 g/mol. The highest BCUT2D eigenvalue weighted by atomic mass is 16.5. The van der Waals surface area contributed by atoms with E-state index in [9.17, 15) is 9.59 Å². The molecule has 0 unspecified atom stereocenters. The molecular weight excluding hydrogens is 380 g/mol. The summed E-state index contributed by atoms with van der Waals surface area (Å²) in [6.07, 6.45) is 0.143. The van der Waals surface area contributed by atoms with Gasteiger partial charge >= 0.3 is 0 Å². The molecule has 154 valence electrons. The van der Waals surface area contributed by atoms with E-state index in [1.807, 2.05) is 79.7 Å². The van der Waals surface area contributed by atoms with Crippen LogP contribution in [0.25, 0.3) is 11.1 Å². The molecule has 0 aliphatic carbocycles. The van der Waals surface area contributed by atoms with Crippen molar-refractivity contribution in [1.29, 1.82) is 0 Å². The largest absolute Gasteiger partial charge is 0.494 e. The summed E-state index contributed by atoms with van der Waals surface area (Å²) < 4.78 is 11.0. The van der Waals surface area contributed by atoms with Crippen molar-refractivity contribution >= 4 is 11.8 Å². The third-order valence-corrected chi connectivity index (χ3v) is 4.27. The molecule has 0 saturated carbocycles. The first-order valence-electron chi connectivity index (χ1n) is 9.72. The maximum absolute atomic E-state index is 12.1. The fourth-order valence-electron chi connectivity index (χ4n) is 2.87. The van der Waals surface area contributed by atoms with Crippen molar-refractivity contribution < 1.29 is 19.1 Å². The van der Waals surface area contributed by atoms with E-state index in [1.165, 1.54) is 0 Å². The van der Waals surface area contributed by atoms with Crippen LogP contribution in [-0.4, -0.2) is 25.0 Å². The minimum Gasteiger partial charge on any atom is -0.494 e. The van der Waals surface area contributed by atoms with Crippen molar-refractivity contribution in [2.45, 2.75) is 13.3 Å². The van der Waals surface area contributed by atoms with E-state index < -0.39 is 5.91 Å². The standard InChI is InChI=1S/C24H24N2O4/c1-2-29-20-14-12-18(13-15-20)16-23(27)25-26-24(28)17-30-22-11-7-6-10-21(22)19-8-4-3-5-9-19/h3-15H,2,16-17H2,1H3,(H,25,27)(H,26,28). The lowest BCUT2D eigenvalue weighted by Crippen LogP contribution is -2.44. The highest BCUT2D eigenvalue weighted by Gasteiger charge is 2.10. The molecular formula is C24H24N2O4. The van der Waals surface area contributed by atoms with Crippen molar-refractivity contribution in [1.82, 2.24) is 10.9 Å². The van der Waals surface area contributed by atoms with E-state index in [-0.39, 0.29) is 18.9 Å². The summed E-state index contributed by atoms with van der Waals surface area (Å²) in [5.41, 5.74) is 7.49. The van der Waals surface area contributed by atoms with E-state index >= 15 is 0 Å². The number of rotatable bonds is 8. The molecule has 0 aliphatic heterocycles. The normalized spacial score (nSPS) is 10.2. The second kappa shape index (κ2) is 10.7. The molecule has 30 heavy (non-hydrogen) atoms. The summed E-state index contributed by atoms with van der Waals surface area (Å²) in [5, 5.41) is 0. The lowest BCUT2D eigenvalue weighted by molar-refractivity contribution is -0.129. The highest BCUT2D eigenvalue weighted by Crippen LogP contribution is 2.29. The Morgan fingerprint density at radius 3 is 2.17 bits per heavy atom. The third-order valence-electron chi connectivity index (χ3n) is 4.27. The van der Waals surface area contributed by atoms with E-state index in [4.69, 9.17) is 9.47 Å². The van der Waals surface area contributed by atoms with Crippen LogP contribution in [0.4, 0.5) is 0 Å². The molecule has 0 radical (unpaired) electrons. The third kappa shape index (κ3) is 6.10. The summed E-state index contributed by atoms with van der Waals surface area (Å²) in [6, 6.07) is 24.5. The van der Waals surface area contributed by atoms with E-state index in [0.717, 1.165) is 22.4 Å². The van der Waals surface area contributed by atoms with Gasteiger partial charge in [-0.3, -0.25) is 20.4 Å². The average Bonchev–Trinajstić information content (AvgIpc) is 2.78. The molecule has 0 aliphatic rings. The maximum Gasteiger partial charge on any atom is 0.276 e. The van der Waals surface area contributed by atoms with Crippen LogP contribution < -0.4 is 20.3 Å². The Bertz CT molecular complexity index is 972. The van der Waals surface area contributed by atoms with E-state index in [2.05, 4.69) is 10.9 Å². The van der Waals surface area contributed by atoms with Crippen molar-refractivity contribution in [3.63, 3.8) is 0 Å². The minimum atomic E-state index is -0.446. The zero-order chi connectivity index (χ0) is 21.2. The number of benzene rings is 3. The summed E-state index contributed by atoms with van der Waals surface area (Å²) in [5.74, 6) is 0.581. The number of carbonyl (C=O) groups excluding carboxylic acids is 2. The fraction of sp³-hybridized carbons (Fsp3) is 0.167. The molecule has 2 N–H and O–H groups in total. The quantitative estimate of drug-likeness (QED) is 0.563. The van der Waals surface area contributed by atoms with Crippen molar-refractivity contribution in [3.8, 4) is 22.6 Å². The minimum absolute atomic E-state index is 0.143. The second-order valence-electron chi connectivity index (χ2n) is 6.50. The first-order chi connectivity index (χ1) is 14.7. The lowest BCUT2D eigenvalue weighted by Gasteiger charge is -2.12. The SMILES string of the molecule is CCOc1ccc(CC(=O)NNC(=O)COc2ccccc2-c2ccccc2)cc1. The first kappa shape index (κ1) is 20.9. The number of hydrogen-bond donors (Lipinski definition) is 2. The number of amides is 2. The predicted molar refractivity (Wildman–Crippen MR) is 115 cm³/mol. The molecule has 3 aromatic carbocycles. The Kier molecular flexibility index (Phi) is 7.44. The van der Waals surface area contributed by atoms with Crippen molar-refractivity contribution in [2.75, 3.05) is 13.2 Å². The van der Waals surface area contributed by atoms with Gasteiger partial charge in [0.25, 0.3) is 5.91 Å². The topological polar surface area (TPSA) is 76.7 Å². The van der Waals surface area contributed by atoms with Crippen LogP contribution in [0.15, 0.2) is 78.9 Å². The van der Waals surface area contributed by atoms with Gasteiger partial charge in [-0.2, -0.15) is 0 Å². The fourth-order valence-corrected chi connectivity index (χ4v) is 2.87. The number of nitrogens with one attached hydrogen (secondary N) is 2. The Morgan fingerprint density at radius 1 is 0.767 bits per heavy atom. The summed E-state index contributed by atoms with van der Waals surface area (Å²) in [7, 11) is 0. The summed E-state index contributed by atoms with van der Waals surface area (Å²) in [4.78, 5) is 24.1. The summed E-state index contributed by atoms with van der Waals surface area (Å²) in [6.45, 7) is 2.28. The number of ether oxygens (including phenoxy) is 2. The van der Waals surface area contributed by atoms with Crippen molar-refractivity contribution in [2.24, 2.45) is 0 Å². The number of para-hydroxylation sites is 1. The molecule has 0 saturated heterocycles. The van der Waals surface area contributed by atoms with Gasteiger partial charge in [-0.1, -0.05) is 60.7 Å². The van der Waals surface area contributed by atoms with Crippen LogP contribution in [0.3, 0.4) is 0 Å². The smallest absolute Gasteiger partial charge is 0.276 e. The molecule has 0 aromatic heterocycles. The molecule has 3 aromatic rings. The van der Waals surface area contributed by atoms with Crippen LogP contribution in [0, 0.1) is 0 Å². The number of hydrogen-bond acceptors (Lipinski definition) is 4. The van der Waals surface area contributed by atoms with Crippen LogP contribution in [-0.2, 0) is 16.0 Å². The van der Waals surface area contributed by atoms with Crippen LogP contribution in [0.1, 0.15) is 12.5 Å². The van der Waals surface area contributed by atoms with Gasteiger partial charge in [-0.15, -0.1) is 0 Å². The molecule has 3 rings (SSSR count). The predicted octanol–water partition coefficient (Wildman–Crippen LogP) is 3.52. The lowest BCUT2D eigenvalue weighted by atomic mass is 10.1. The van der Waals surface area contributed by atoms with Gasteiger partial charge in [-0.05, 0) is 36.2 Å². The number of carbonyl (C=O) groups is 2. The molecule has 0 fully saturated rings. The van der Waals surface area contributed by atoms with Gasteiger partial charge < -0.3 is 9.47 Å². The summed E-state index contributed by atoms with van der Waals surface area (Å²) >= 11 is 0. The molecule has 6 heteroatoms. The first-order valence-corrected chi connectivity index (χ1v) is 9.72. The van der Waals surface area contributed by atoms with Gasteiger partial charge in [0.2, 0.25) is 5.91 Å². The Morgan fingerprint density at radius 2 is 1.43 bits per heavy atom. The van der Waals surface area contributed by atoms with Gasteiger partial charge in [-0.25, -0.2) is 0 Å². The molecule has 0 spiro atoms. The van der Waals surface area contributed by atoms with Gasteiger partial charge in [0.15, 0.2) is 6.61 Å². The molecule has 0 heterocycles. The van der Waals surface area contributed by atoms with E-state index in [1.54, 1.807) is 6.07 Å². The van der Waals surface area contributed by atoms with Gasteiger partial charge in [0, 0.05) is 5.56 Å². The Labute approximate surface area is 175 Å². The molecule has 0 atom stereocenters. The van der Waals surface area contributed by atoms with Crippen LogP contribution in [0.5, 0.6) is 11.5 Å². The van der Waals surface area contributed by atoms with Crippen LogP contribution >= 0.6 is 0 Å². The van der Waals surface area contributed by atoms with E-state index in [0.29, 0.717) is 12.4 Å². The van der Waals surface area contributed by atoms with Gasteiger partial charge in [0.05, 0.1) is 13.0 Å². The van der Waals surface area contributed by atoms with Crippen LogP contribution in [0.2, 0.25) is 0 Å². The monoisotopic (exact) mass is 404 g/mol. The Balaban J connectivity index is 1.47. The Hall–Kier alpha value is -3.80. The highest BCUT2D eigenvalue weighted by molar-refractivity contribution is 5.84. The molecule has 0 bridgehead atoms. The zero-order valence-corrected chi connectivity index (χ0v) is 16.8. The molecule has 6 nitrogen and oxygen atoms in total. The zero-order valence-electron chi connectivity index (χ0n) is 16.8. The molecule has 2 amide bonds.